The summed E-state index contributed by atoms with van der Waals surface area (Å²) in [5, 5.41) is 11.4. The Morgan fingerprint density at radius 3 is 2.20 bits per heavy atom. The van der Waals surface area contributed by atoms with Gasteiger partial charge in [0.1, 0.15) is 11.3 Å². The Bertz CT molecular complexity index is 787. The van der Waals surface area contributed by atoms with Crippen LogP contribution in [0, 0.1) is 27.7 Å². The van der Waals surface area contributed by atoms with Crippen LogP contribution < -0.4 is 0 Å². The van der Waals surface area contributed by atoms with Crippen molar-refractivity contribution in [3.8, 4) is 16.9 Å². The van der Waals surface area contributed by atoms with E-state index in [0.717, 1.165) is 38.8 Å². The first-order chi connectivity index (χ1) is 9.47. The molecule has 0 saturated heterocycles. The molecule has 1 heterocycles. The predicted octanol–water partition coefficient (Wildman–Crippen LogP) is 5.04. The summed E-state index contributed by atoms with van der Waals surface area (Å²) in [6, 6.07) is 8.09. The molecule has 20 heavy (non-hydrogen) atoms. The molecule has 1 aromatic heterocycles. The summed E-state index contributed by atoms with van der Waals surface area (Å²) in [6.07, 6.45) is 1.74. The van der Waals surface area contributed by atoms with Crippen molar-refractivity contribution in [2.24, 2.45) is 0 Å². The van der Waals surface area contributed by atoms with Gasteiger partial charge in [-0.3, -0.25) is 0 Å². The molecular formula is C18H18O2. The molecule has 102 valence electrons. The van der Waals surface area contributed by atoms with Gasteiger partial charge >= 0.3 is 0 Å². The van der Waals surface area contributed by atoms with E-state index in [0.29, 0.717) is 5.75 Å². The average Bonchev–Trinajstić information content (AvgIpc) is 2.72. The molecular weight excluding hydrogens is 248 g/mol. The largest absolute Gasteiger partial charge is 0.507 e. The van der Waals surface area contributed by atoms with Gasteiger partial charge in [-0.15, -0.1) is 0 Å². The number of phenols is 1. The van der Waals surface area contributed by atoms with Crippen molar-refractivity contribution < 1.29 is 9.52 Å². The van der Waals surface area contributed by atoms with Gasteiger partial charge in [0.05, 0.1) is 6.26 Å². The molecule has 0 bridgehead atoms. The molecule has 0 atom stereocenters. The summed E-state index contributed by atoms with van der Waals surface area (Å²) in [5.41, 5.74) is 7.15. The van der Waals surface area contributed by atoms with Crippen LogP contribution >= 0.6 is 0 Å². The van der Waals surface area contributed by atoms with Crippen LogP contribution in [0.15, 0.2) is 34.9 Å². The molecule has 3 rings (SSSR count). The lowest BCUT2D eigenvalue weighted by molar-refractivity contribution is 0.476. The highest BCUT2D eigenvalue weighted by Crippen LogP contribution is 2.39. The Hall–Kier alpha value is -2.22. The van der Waals surface area contributed by atoms with Crippen molar-refractivity contribution in [1.29, 1.82) is 0 Å². The molecule has 2 aromatic carbocycles. The van der Waals surface area contributed by atoms with Crippen LogP contribution in [0.1, 0.15) is 22.3 Å². The first kappa shape index (κ1) is 12.8. The Morgan fingerprint density at radius 2 is 1.50 bits per heavy atom. The third kappa shape index (κ3) is 1.88. The van der Waals surface area contributed by atoms with E-state index in [2.05, 4.69) is 25.1 Å². The van der Waals surface area contributed by atoms with E-state index in [1.165, 1.54) is 5.56 Å². The van der Waals surface area contributed by atoms with Crippen molar-refractivity contribution in [3.63, 3.8) is 0 Å². The second-order valence-electron chi connectivity index (χ2n) is 5.58. The second-order valence-corrected chi connectivity index (χ2v) is 5.58. The van der Waals surface area contributed by atoms with E-state index >= 15 is 0 Å². The summed E-state index contributed by atoms with van der Waals surface area (Å²) < 4.78 is 5.72. The van der Waals surface area contributed by atoms with E-state index in [1.54, 1.807) is 12.3 Å². The van der Waals surface area contributed by atoms with E-state index in [9.17, 15) is 5.11 Å². The fraction of sp³-hybridized carbons (Fsp3) is 0.222. The van der Waals surface area contributed by atoms with Gasteiger partial charge in [0, 0.05) is 16.5 Å². The molecule has 0 saturated carbocycles. The summed E-state index contributed by atoms with van der Waals surface area (Å²) in [5.74, 6) is 0.310. The molecule has 0 amide bonds. The Kier molecular flexibility index (Phi) is 2.82. The summed E-state index contributed by atoms with van der Waals surface area (Å²) in [4.78, 5) is 0. The van der Waals surface area contributed by atoms with Crippen LogP contribution in [0.5, 0.6) is 5.75 Å². The minimum atomic E-state index is 0.310. The zero-order valence-corrected chi connectivity index (χ0v) is 12.2. The lowest BCUT2D eigenvalue weighted by Crippen LogP contribution is -1.86. The van der Waals surface area contributed by atoms with Gasteiger partial charge in [0.25, 0.3) is 0 Å². The van der Waals surface area contributed by atoms with E-state index in [-0.39, 0.29) is 0 Å². The first-order valence-corrected chi connectivity index (χ1v) is 6.76. The van der Waals surface area contributed by atoms with Crippen LogP contribution in [-0.4, -0.2) is 5.11 Å². The highest BCUT2D eigenvalue weighted by Gasteiger charge is 2.16. The number of hydrogen-bond donors (Lipinski definition) is 1. The van der Waals surface area contributed by atoms with Gasteiger partial charge in [-0.2, -0.15) is 0 Å². The third-order valence-electron chi connectivity index (χ3n) is 3.73. The molecule has 0 aliphatic carbocycles. The van der Waals surface area contributed by atoms with E-state index in [4.69, 9.17) is 4.42 Å². The van der Waals surface area contributed by atoms with Crippen molar-refractivity contribution in [2.75, 3.05) is 0 Å². The van der Waals surface area contributed by atoms with Crippen molar-refractivity contribution >= 4 is 11.0 Å². The van der Waals surface area contributed by atoms with Crippen LogP contribution in [-0.2, 0) is 0 Å². The molecule has 1 N–H and O–H groups in total. The zero-order valence-electron chi connectivity index (χ0n) is 12.2. The number of hydrogen-bond acceptors (Lipinski definition) is 2. The number of rotatable bonds is 1. The molecule has 0 spiro atoms. The number of furan rings is 1. The normalized spacial score (nSPS) is 11.2. The number of benzene rings is 2. The standard InChI is InChI=1S/C18H18O2/c1-10-6-13(4)18-14(7-10)15(9-20-18)17-12(3)5-11(2)8-16(17)19/h5-9,19H,1-4H3. The third-order valence-corrected chi connectivity index (χ3v) is 3.73. The second kappa shape index (κ2) is 4.41. The minimum absolute atomic E-state index is 0.310. The summed E-state index contributed by atoms with van der Waals surface area (Å²) in [6.45, 7) is 8.12. The SMILES string of the molecule is Cc1cc(C)c(-c2coc3c(C)cc(C)cc23)c(O)c1. The maximum absolute atomic E-state index is 10.3. The predicted molar refractivity (Wildman–Crippen MR) is 82.3 cm³/mol. The molecule has 3 aromatic rings. The zero-order chi connectivity index (χ0) is 14.4. The van der Waals surface area contributed by atoms with Gasteiger partial charge in [-0.05, 0) is 62.1 Å². The molecule has 0 radical (unpaired) electrons. The first-order valence-electron chi connectivity index (χ1n) is 6.76. The van der Waals surface area contributed by atoms with Gasteiger partial charge in [0.15, 0.2) is 0 Å². The van der Waals surface area contributed by atoms with Gasteiger partial charge in [-0.25, -0.2) is 0 Å². The Morgan fingerprint density at radius 1 is 0.850 bits per heavy atom. The molecule has 0 aliphatic rings. The maximum Gasteiger partial charge on any atom is 0.137 e. The molecule has 0 fully saturated rings. The van der Waals surface area contributed by atoms with E-state index in [1.807, 2.05) is 20.8 Å². The molecule has 0 unspecified atom stereocenters. The lowest BCUT2D eigenvalue weighted by Gasteiger charge is -2.09. The Balaban J connectivity index is 2.36. The van der Waals surface area contributed by atoms with Gasteiger partial charge < -0.3 is 9.52 Å². The van der Waals surface area contributed by atoms with Crippen LogP contribution in [0.4, 0.5) is 0 Å². The number of phenolic OH excluding ortho intramolecular Hbond substituents is 1. The fourth-order valence-corrected chi connectivity index (χ4v) is 2.98. The van der Waals surface area contributed by atoms with Crippen molar-refractivity contribution in [1.82, 2.24) is 0 Å². The maximum atomic E-state index is 10.3. The van der Waals surface area contributed by atoms with Gasteiger partial charge in [0.2, 0.25) is 0 Å². The van der Waals surface area contributed by atoms with Crippen molar-refractivity contribution in [3.05, 3.63) is 52.8 Å². The van der Waals surface area contributed by atoms with Crippen LogP contribution in [0.2, 0.25) is 0 Å². The molecule has 2 heteroatoms. The number of aromatic hydroxyl groups is 1. The van der Waals surface area contributed by atoms with Gasteiger partial charge in [-0.1, -0.05) is 12.1 Å². The quantitative estimate of drug-likeness (QED) is 0.669. The highest BCUT2D eigenvalue weighted by atomic mass is 16.3. The monoisotopic (exact) mass is 266 g/mol. The Labute approximate surface area is 118 Å². The topological polar surface area (TPSA) is 33.4 Å². The van der Waals surface area contributed by atoms with Crippen molar-refractivity contribution in [2.45, 2.75) is 27.7 Å². The fourth-order valence-electron chi connectivity index (χ4n) is 2.98. The molecule has 0 aliphatic heterocycles. The lowest BCUT2D eigenvalue weighted by atomic mass is 9.96. The van der Waals surface area contributed by atoms with Crippen LogP contribution in [0.25, 0.3) is 22.1 Å². The summed E-state index contributed by atoms with van der Waals surface area (Å²) in [7, 11) is 0. The van der Waals surface area contributed by atoms with Crippen LogP contribution in [0.3, 0.4) is 0 Å². The molecule has 2 nitrogen and oxygen atoms in total. The average molecular weight is 266 g/mol. The summed E-state index contributed by atoms with van der Waals surface area (Å²) >= 11 is 0. The highest BCUT2D eigenvalue weighted by molar-refractivity contribution is 5.98. The smallest absolute Gasteiger partial charge is 0.137 e. The van der Waals surface area contributed by atoms with E-state index < -0.39 is 0 Å². The minimum Gasteiger partial charge on any atom is -0.507 e. The number of fused-ring (bicyclic) bond motifs is 1. The number of aryl methyl sites for hydroxylation is 4.